The number of halogens is 1. The minimum atomic E-state index is -0.531. The zero-order chi connectivity index (χ0) is 29.3. The van der Waals surface area contributed by atoms with Gasteiger partial charge in [-0.1, -0.05) is 60.1 Å². The van der Waals surface area contributed by atoms with Crippen LogP contribution < -0.4 is 14.8 Å². The quantitative estimate of drug-likeness (QED) is 0.136. The summed E-state index contributed by atoms with van der Waals surface area (Å²) >= 11 is 6.29. The highest BCUT2D eigenvalue weighted by molar-refractivity contribution is 6.31. The van der Waals surface area contributed by atoms with E-state index in [1.165, 1.54) is 0 Å². The fourth-order valence-electron chi connectivity index (χ4n) is 4.24. The topological polar surface area (TPSA) is 89.2 Å². The van der Waals surface area contributed by atoms with E-state index in [0.29, 0.717) is 46.7 Å². The fourth-order valence-corrected chi connectivity index (χ4v) is 4.43. The van der Waals surface area contributed by atoms with Crippen molar-refractivity contribution in [2.75, 3.05) is 11.9 Å². The van der Waals surface area contributed by atoms with Crippen LogP contribution in [0, 0.1) is 11.3 Å². The molecule has 7 nitrogen and oxygen atoms in total. The van der Waals surface area contributed by atoms with Crippen molar-refractivity contribution in [2.45, 2.75) is 13.5 Å². The minimum Gasteiger partial charge on any atom is -0.494 e. The summed E-state index contributed by atoms with van der Waals surface area (Å²) in [6.45, 7) is 2.75. The summed E-state index contributed by atoms with van der Waals surface area (Å²) in [6.07, 6.45) is 3.34. The number of hydrogen-bond acceptors (Lipinski definition) is 5. The lowest BCUT2D eigenvalue weighted by molar-refractivity contribution is -0.112. The fraction of sp³-hybridized carbons (Fsp3) is 0.0882. The van der Waals surface area contributed by atoms with Crippen LogP contribution in [-0.4, -0.2) is 22.3 Å². The zero-order valence-corrected chi connectivity index (χ0v) is 23.6. The number of amides is 1. The summed E-state index contributed by atoms with van der Waals surface area (Å²) in [4.78, 5) is 13.1. The number of carbonyl (C=O) groups is 1. The maximum absolute atomic E-state index is 13.1. The number of carbonyl (C=O) groups excluding carboxylic acids is 1. The number of hydrogen-bond donors (Lipinski definition) is 1. The maximum Gasteiger partial charge on any atom is 0.266 e. The Morgan fingerprint density at radius 3 is 2.45 bits per heavy atom. The van der Waals surface area contributed by atoms with Crippen molar-refractivity contribution < 1.29 is 14.3 Å². The van der Waals surface area contributed by atoms with E-state index in [-0.39, 0.29) is 5.57 Å². The number of aromatic nitrogens is 2. The molecular formula is C34H27ClN4O3. The van der Waals surface area contributed by atoms with Crippen LogP contribution in [0.3, 0.4) is 0 Å². The summed E-state index contributed by atoms with van der Waals surface area (Å²) in [6, 6.07) is 33.7. The molecule has 0 unspecified atom stereocenters. The average molecular weight is 575 g/mol. The van der Waals surface area contributed by atoms with Crippen LogP contribution in [0.5, 0.6) is 11.5 Å². The van der Waals surface area contributed by atoms with E-state index in [2.05, 4.69) is 5.32 Å². The van der Waals surface area contributed by atoms with E-state index >= 15 is 0 Å². The standard InChI is InChI=1S/C34H27ClN4O3/c1-2-41-30-17-15-28(16-18-30)37-34(40)26(21-36)19-27-22-39(29-11-4-3-5-12-29)38-33(27)24-10-8-13-31(20-24)42-23-25-9-6-7-14-32(25)35/h3-20,22H,2,23H2,1H3,(H,37,40). The Labute approximate surface area is 249 Å². The first-order chi connectivity index (χ1) is 20.5. The molecule has 0 spiro atoms. The van der Waals surface area contributed by atoms with Crippen LogP contribution in [0.15, 0.2) is 115 Å². The highest BCUT2D eigenvalue weighted by Crippen LogP contribution is 2.29. The lowest BCUT2D eigenvalue weighted by Gasteiger charge is -2.09. The van der Waals surface area contributed by atoms with Crippen molar-refractivity contribution in [2.24, 2.45) is 0 Å². The molecule has 0 atom stereocenters. The molecule has 0 aliphatic rings. The van der Waals surface area contributed by atoms with Gasteiger partial charge in [0.25, 0.3) is 5.91 Å². The second-order valence-corrected chi connectivity index (χ2v) is 9.61. The van der Waals surface area contributed by atoms with Gasteiger partial charge in [0.15, 0.2) is 0 Å². The van der Waals surface area contributed by atoms with Crippen LogP contribution >= 0.6 is 11.6 Å². The van der Waals surface area contributed by atoms with Crippen molar-refractivity contribution in [3.8, 4) is 34.5 Å². The number of nitrogens with zero attached hydrogens (tertiary/aromatic N) is 3. The van der Waals surface area contributed by atoms with E-state index in [1.807, 2.05) is 91.9 Å². The molecule has 0 saturated heterocycles. The maximum atomic E-state index is 13.1. The van der Waals surface area contributed by atoms with Crippen LogP contribution in [0.25, 0.3) is 23.0 Å². The van der Waals surface area contributed by atoms with Gasteiger partial charge in [-0.05, 0) is 67.6 Å². The van der Waals surface area contributed by atoms with E-state index in [9.17, 15) is 10.1 Å². The third-order valence-corrected chi connectivity index (χ3v) is 6.68. The Hall–Kier alpha value is -5.32. The van der Waals surface area contributed by atoms with Crippen molar-refractivity contribution in [1.29, 1.82) is 5.26 Å². The SMILES string of the molecule is CCOc1ccc(NC(=O)C(C#N)=Cc2cn(-c3ccccc3)nc2-c2cccc(OCc3ccccc3Cl)c2)cc1. The van der Waals surface area contributed by atoms with E-state index in [4.69, 9.17) is 26.2 Å². The minimum absolute atomic E-state index is 0.0659. The lowest BCUT2D eigenvalue weighted by atomic mass is 10.1. The largest absolute Gasteiger partial charge is 0.494 e. The highest BCUT2D eigenvalue weighted by atomic mass is 35.5. The van der Waals surface area contributed by atoms with Gasteiger partial charge in [0.1, 0.15) is 35.4 Å². The first kappa shape index (κ1) is 28.2. The van der Waals surface area contributed by atoms with E-state index in [0.717, 1.165) is 16.8 Å². The van der Waals surface area contributed by atoms with Crippen LogP contribution in [-0.2, 0) is 11.4 Å². The summed E-state index contributed by atoms with van der Waals surface area (Å²) < 4.78 is 13.2. The molecular weight excluding hydrogens is 548 g/mol. The number of nitrogens with one attached hydrogen (secondary N) is 1. The molecule has 1 heterocycles. The third-order valence-electron chi connectivity index (χ3n) is 6.31. The number of nitriles is 1. The van der Waals surface area contributed by atoms with Crippen molar-refractivity contribution >= 4 is 29.3 Å². The molecule has 0 aliphatic heterocycles. The molecule has 5 rings (SSSR count). The molecule has 0 fully saturated rings. The number of rotatable bonds is 10. The van der Waals surface area contributed by atoms with Crippen molar-refractivity contribution in [1.82, 2.24) is 9.78 Å². The number of anilines is 1. The highest BCUT2D eigenvalue weighted by Gasteiger charge is 2.16. The number of para-hydroxylation sites is 1. The Morgan fingerprint density at radius 1 is 0.952 bits per heavy atom. The molecule has 8 heteroatoms. The molecule has 42 heavy (non-hydrogen) atoms. The predicted molar refractivity (Wildman–Crippen MR) is 165 cm³/mol. The van der Waals surface area contributed by atoms with Gasteiger partial charge < -0.3 is 14.8 Å². The molecule has 5 aromatic rings. The number of ether oxygens (including phenoxy) is 2. The summed E-state index contributed by atoms with van der Waals surface area (Å²) in [5.74, 6) is 0.796. The summed E-state index contributed by atoms with van der Waals surface area (Å²) in [5, 5.41) is 18.2. The zero-order valence-electron chi connectivity index (χ0n) is 22.8. The first-order valence-electron chi connectivity index (χ1n) is 13.3. The van der Waals surface area contributed by atoms with Gasteiger partial charge in [0.05, 0.1) is 12.3 Å². The Balaban J connectivity index is 1.46. The van der Waals surface area contributed by atoms with Crippen LogP contribution in [0.2, 0.25) is 5.02 Å². The Morgan fingerprint density at radius 2 is 1.71 bits per heavy atom. The molecule has 1 amide bonds. The molecule has 1 N–H and O–H groups in total. The van der Waals surface area contributed by atoms with Gasteiger partial charge >= 0.3 is 0 Å². The van der Waals surface area contributed by atoms with Crippen LogP contribution in [0.1, 0.15) is 18.1 Å². The normalized spacial score (nSPS) is 11.0. The molecule has 4 aromatic carbocycles. The van der Waals surface area contributed by atoms with Gasteiger partial charge in [-0.15, -0.1) is 0 Å². The van der Waals surface area contributed by atoms with Crippen LogP contribution in [0.4, 0.5) is 5.69 Å². The van der Waals surface area contributed by atoms with Crippen molar-refractivity contribution in [3.05, 3.63) is 131 Å². The van der Waals surface area contributed by atoms with E-state index < -0.39 is 5.91 Å². The van der Waals surface area contributed by atoms with Gasteiger partial charge in [0.2, 0.25) is 0 Å². The molecule has 1 aromatic heterocycles. The molecule has 0 radical (unpaired) electrons. The van der Waals surface area contributed by atoms with E-state index in [1.54, 1.807) is 41.2 Å². The lowest BCUT2D eigenvalue weighted by Crippen LogP contribution is -2.13. The Kier molecular flexibility index (Phi) is 8.97. The first-order valence-corrected chi connectivity index (χ1v) is 13.7. The third kappa shape index (κ3) is 6.87. The molecule has 0 saturated carbocycles. The van der Waals surface area contributed by atoms with Gasteiger partial charge in [-0.25, -0.2) is 4.68 Å². The van der Waals surface area contributed by atoms with Gasteiger partial charge in [-0.3, -0.25) is 4.79 Å². The monoisotopic (exact) mass is 574 g/mol. The van der Waals surface area contributed by atoms with Crippen molar-refractivity contribution in [3.63, 3.8) is 0 Å². The number of benzene rings is 4. The molecule has 0 aliphatic carbocycles. The van der Waals surface area contributed by atoms with Gasteiger partial charge in [0, 0.05) is 33.6 Å². The second kappa shape index (κ2) is 13.4. The molecule has 208 valence electrons. The predicted octanol–water partition coefficient (Wildman–Crippen LogP) is 7.72. The second-order valence-electron chi connectivity index (χ2n) is 9.20. The van der Waals surface area contributed by atoms with Gasteiger partial charge in [-0.2, -0.15) is 10.4 Å². The average Bonchev–Trinajstić information content (AvgIpc) is 3.45. The summed E-state index contributed by atoms with van der Waals surface area (Å²) in [5.41, 5.74) is 4.14. The summed E-state index contributed by atoms with van der Waals surface area (Å²) in [7, 11) is 0. The Bertz CT molecular complexity index is 1760. The smallest absolute Gasteiger partial charge is 0.266 e. The molecule has 0 bridgehead atoms.